The molecule has 3 aromatic carbocycles. The van der Waals surface area contributed by atoms with Gasteiger partial charge in [0.1, 0.15) is 5.82 Å². The third-order valence-corrected chi connectivity index (χ3v) is 9.08. The van der Waals surface area contributed by atoms with Gasteiger partial charge in [-0.2, -0.15) is 0 Å². The summed E-state index contributed by atoms with van der Waals surface area (Å²) in [7, 11) is 3.86. The van der Waals surface area contributed by atoms with Gasteiger partial charge in [0.25, 0.3) is 5.91 Å². The van der Waals surface area contributed by atoms with Gasteiger partial charge >= 0.3 is 0 Å². The Hall–Kier alpha value is -3.72. The Morgan fingerprint density at radius 1 is 0.875 bits per heavy atom. The third-order valence-electron chi connectivity index (χ3n) is 9.08. The zero-order chi connectivity index (χ0) is 28.4. The Morgan fingerprint density at radius 2 is 1.60 bits per heavy atom. The second-order valence-corrected chi connectivity index (χ2v) is 11.0. The number of benzene rings is 3. The van der Waals surface area contributed by atoms with Crippen LogP contribution in [0.5, 0.6) is 0 Å². The lowest BCUT2D eigenvalue weighted by molar-refractivity contribution is -0.0145. The minimum absolute atomic E-state index is 0.183. The zero-order valence-electron chi connectivity index (χ0n) is 22.1. The van der Waals surface area contributed by atoms with Crippen LogP contribution in [-0.4, -0.2) is 41.3 Å². The summed E-state index contributed by atoms with van der Waals surface area (Å²) in [6.45, 7) is 0.183. The Kier molecular flexibility index (Phi) is 6.25. The summed E-state index contributed by atoms with van der Waals surface area (Å²) in [5.74, 6) is -8.54. The van der Waals surface area contributed by atoms with Crippen molar-refractivity contribution in [3.8, 4) is 0 Å². The average molecular weight is 554 g/mol. The highest BCUT2D eigenvalue weighted by molar-refractivity contribution is 5.96. The maximum absolute atomic E-state index is 14.9. The maximum Gasteiger partial charge on any atom is 0.257 e. The van der Waals surface area contributed by atoms with Gasteiger partial charge in [-0.15, -0.1) is 0 Å². The molecule has 4 nitrogen and oxygen atoms in total. The number of fused-ring (bicyclic) bond motifs is 4. The fourth-order valence-corrected chi connectivity index (χ4v) is 6.97. The highest BCUT2D eigenvalue weighted by Gasteiger charge is 2.53. The number of nitrogens with zero attached hydrogens (tertiary/aromatic N) is 2. The van der Waals surface area contributed by atoms with Gasteiger partial charge in [-0.3, -0.25) is 9.69 Å². The summed E-state index contributed by atoms with van der Waals surface area (Å²) < 4.78 is 71.3. The van der Waals surface area contributed by atoms with Crippen LogP contribution in [-0.2, 0) is 17.5 Å². The minimum Gasteiger partial charge on any atom is -0.356 e. The number of aromatic nitrogens is 1. The smallest absolute Gasteiger partial charge is 0.257 e. The van der Waals surface area contributed by atoms with E-state index >= 15 is 0 Å². The summed E-state index contributed by atoms with van der Waals surface area (Å²) in [5.41, 5.74) is 1.22. The molecule has 0 bridgehead atoms. The van der Waals surface area contributed by atoms with E-state index in [4.69, 9.17) is 0 Å². The second-order valence-electron chi connectivity index (χ2n) is 11.0. The molecule has 0 unspecified atom stereocenters. The van der Waals surface area contributed by atoms with Crippen LogP contribution < -0.4 is 0 Å². The molecule has 0 atom stereocenters. The SMILES string of the molecule is CN(C)C1(c2cccc(F)c2)CCC2(CC1)c1[nH]c3ccccc3c1CCN2C(=O)c1cc(F)c(F)c(F)c1F. The fourth-order valence-electron chi connectivity index (χ4n) is 6.97. The normalized spacial score (nSPS) is 22.8. The van der Waals surface area contributed by atoms with Crippen molar-refractivity contribution in [3.63, 3.8) is 0 Å². The van der Waals surface area contributed by atoms with Crippen LogP contribution in [0.1, 0.15) is 52.9 Å². The number of halogens is 5. The number of amides is 1. The van der Waals surface area contributed by atoms with E-state index in [0.717, 1.165) is 27.7 Å². The first-order valence-electron chi connectivity index (χ1n) is 13.3. The van der Waals surface area contributed by atoms with Crippen LogP contribution in [0.15, 0.2) is 54.6 Å². The third kappa shape index (κ3) is 3.78. The molecule has 1 saturated carbocycles. The number of hydrogen-bond acceptors (Lipinski definition) is 2. The van der Waals surface area contributed by atoms with Crippen molar-refractivity contribution in [2.45, 2.75) is 43.2 Å². The zero-order valence-corrected chi connectivity index (χ0v) is 22.1. The largest absolute Gasteiger partial charge is 0.356 e. The Morgan fingerprint density at radius 3 is 2.30 bits per heavy atom. The van der Waals surface area contributed by atoms with E-state index in [1.54, 1.807) is 6.07 Å². The number of nitrogens with one attached hydrogen (secondary N) is 1. The summed E-state index contributed by atoms with van der Waals surface area (Å²) in [4.78, 5) is 20.9. The van der Waals surface area contributed by atoms with E-state index in [9.17, 15) is 26.7 Å². The second kappa shape index (κ2) is 9.44. The molecule has 4 aromatic rings. The van der Waals surface area contributed by atoms with Crippen LogP contribution in [0.4, 0.5) is 22.0 Å². The minimum atomic E-state index is -2.01. The van der Waals surface area contributed by atoms with Crippen LogP contribution in [0.25, 0.3) is 10.9 Å². The summed E-state index contributed by atoms with van der Waals surface area (Å²) in [5, 5.41) is 1.02. The molecule has 0 radical (unpaired) electrons. The molecule has 1 aliphatic heterocycles. The highest BCUT2D eigenvalue weighted by Crippen LogP contribution is 2.54. The monoisotopic (exact) mass is 553 g/mol. The molecule has 1 aliphatic carbocycles. The molecular formula is C31H28F5N3O. The molecule has 1 amide bonds. The van der Waals surface area contributed by atoms with Crippen LogP contribution in [0.2, 0.25) is 0 Å². The predicted octanol–water partition coefficient (Wildman–Crippen LogP) is 6.79. The van der Waals surface area contributed by atoms with Crippen molar-refractivity contribution in [2.24, 2.45) is 0 Å². The van der Waals surface area contributed by atoms with Gasteiger partial charge in [0.05, 0.1) is 11.1 Å². The first-order chi connectivity index (χ1) is 19.1. The van der Waals surface area contributed by atoms with Crippen LogP contribution in [0.3, 0.4) is 0 Å². The molecule has 1 spiro atoms. The topological polar surface area (TPSA) is 39.3 Å². The van der Waals surface area contributed by atoms with Crippen molar-refractivity contribution < 1.29 is 26.7 Å². The van der Waals surface area contributed by atoms with Gasteiger partial charge in [0.15, 0.2) is 23.3 Å². The Bertz CT molecular complexity index is 1640. The number of carbonyl (C=O) groups is 1. The van der Waals surface area contributed by atoms with Crippen LogP contribution >= 0.6 is 0 Å². The van der Waals surface area contributed by atoms with E-state index in [1.165, 1.54) is 17.0 Å². The molecule has 1 N–H and O–H groups in total. The molecular weight excluding hydrogens is 525 g/mol. The van der Waals surface area contributed by atoms with Crippen molar-refractivity contribution >= 4 is 16.8 Å². The lowest BCUT2D eigenvalue weighted by Gasteiger charge is -2.55. The van der Waals surface area contributed by atoms with Gasteiger partial charge in [-0.05, 0) is 81.6 Å². The number of aromatic amines is 1. The van der Waals surface area contributed by atoms with E-state index in [2.05, 4.69) is 9.88 Å². The molecule has 0 saturated heterocycles. The molecule has 2 aliphatic rings. The van der Waals surface area contributed by atoms with Crippen molar-refractivity contribution in [3.05, 3.63) is 106 Å². The lowest BCUT2D eigenvalue weighted by atomic mass is 9.65. The summed E-state index contributed by atoms with van der Waals surface area (Å²) in [6, 6.07) is 14.7. The molecule has 208 valence electrons. The van der Waals surface area contributed by atoms with Crippen molar-refractivity contribution in [2.75, 3.05) is 20.6 Å². The number of para-hydroxylation sites is 1. The van der Waals surface area contributed by atoms with Gasteiger partial charge in [0.2, 0.25) is 0 Å². The first-order valence-corrected chi connectivity index (χ1v) is 13.3. The predicted molar refractivity (Wildman–Crippen MR) is 141 cm³/mol. The summed E-state index contributed by atoms with van der Waals surface area (Å²) >= 11 is 0. The lowest BCUT2D eigenvalue weighted by Crippen LogP contribution is -2.58. The Balaban J connectivity index is 1.49. The first kappa shape index (κ1) is 26.5. The standard InChI is InChI=1S/C31H28F5N3O/c1-38(2)30(18-6-5-7-19(32)16-18)11-13-31(14-12-30)28-21(20-8-3-4-9-24(20)37-28)10-15-39(31)29(40)22-17-23(33)26(35)27(36)25(22)34/h3-9,16-17,37H,10-15H2,1-2H3. The molecule has 2 heterocycles. The molecule has 6 rings (SSSR count). The number of carbonyl (C=O) groups excluding carboxylic acids is 1. The molecule has 9 heteroatoms. The maximum atomic E-state index is 14.9. The Labute approximate surface area is 228 Å². The van der Waals surface area contributed by atoms with Gasteiger partial charge < -0.3 is 9.88 Å². The van der Waals surface area contributed by atoms with Crippen molar-refractivity contribution in [1.82, 2.24) is 14.8 Å². The highest BCUT2D eigenvalue weighted by atomic mass is 19.2. The van der Waals surface area contributed by atoms with E-state index in [0.29, 0.717) is 38.2 Å². The quantitative estimate of drug-likeness (QED) is 0.172. The fraction of sp³-hybridized carbons (Fsp3) is 0.323. The molecule has 1 aromatic heterocycles. The van der Waals surface area contributed by atoms with E-state index < -0.39 is 45.8 Å². The van der Waals surface area contributed by atoms with E-state index in [-0.39, 0.29) is 12.4 Å². The average Bonchev–Trinajstić information content (AvgIpc) is 3.34. The number of rotatable bonds is 3. The van der Waals surface area contributed by atoms with Gasteiger partial charge in [0, 0.05) is 28.7 Å². The summed E-state index contributed by atoms with van der Waals surface area (Å²) in [6.07, 6.45) is 2.33. The van der Waals surface area contributed by atoms with Gasteiger partial charge in [-0.1, -0.05) is 30.3 Å². The van der Waals surface area contributed by atoms with Crippen molar-refractivity contribution in [1.29, 1.82) is 0 Å². The number of hydrogen-bond donors (Lipinski definition) is 1. The number of H-pyrrole nitrogens is 1. The van der Waals surface area contributed by atoms with Gasteiger partial charge in [-0.25, -0.2) is 22.0 Å². The molecule has 1 fully saturated rings. The van der Waals surface area contributed by atoms with E-state index in [1.807, 2.05) is 44.4 Å². The molecule has 40 heavy (non-hydrogen) atoms. The van der Waals surface area contributed by atoms with Crippen LogP contribution in [0, 0.1) is 29.1 Å².